The van der Waals surface area contributed by atoms with E-state index in [4.69, 9.17) is 9.47 Å². The van der Waals surface area contributed by atoms with Crippen molar-refractivity contribution in [1.29, 1.82) is 0 Å². The van der Waals surface area contributed by atoms with Crippen LogP contribution in [0.1, 0.15) is 11.3 Å². The number of benzene rings is 3. The van der Waals surface area contributed by atoms with E-state index in [2.05, 4.69) is 5.10 Å². The van der Waals surface area contributed by atoms with Crippen molar-refractivity contribution in [2.24, 2.45) is 7.05 Å². The third kappa shape index (κ3) is 4.54. The summed E-state index contributed by atoms with van der Waals surface area (Å²) in [5.41, 5.74) is -0.154. The number of aromatic hydroxyl groups is 1. The zero-order valence-electron chi connectivity index (χ0n) is 17.0. The van der Waals surface area contributed by atoms with E-state index in [1.54, 1.807) is 24.3 Å². The van der Waals surface area contributed by atoms with Gasteiger partial charge in [0.15, 0.2) is 11.4 Å². The number of aryl methyl sites for hydroxylation is 1. The number of alkyl halides is 3. The quantitative estimate of drug-likeness (QED) is 0.389. The molecule has 8 heteroatoms. The fourth-order valence-corrected chi connectivity index (χ4v) is 3.24. The zero-order chi connectivity index (χ0) is 22.7. The Morgan fingerprint density at radius 3 is 2.19 bits per heavy atom. The lowest BCUT2D eigenvalue weighted by molar-refractivity contribution is -0.144. The number of halogens is 3. The molecule has 0 spiro atoms. The van der Waals surface area contributed by atoms with Gasteiger partial charge in [0.25, 0.3) is 0 Å². The number of hydrogen-bond donors (Lipinski definition) is 1. The first kappa shape index (κ1) is 21.3. The second kappa shape index (κ2) is 8.66. The molecule has 5 nitrogen and oxygen atoms in total. The molecule has 0 atom stereocenters. The molecule has 0 saturated carbocycles. The summed E-state index contributed by atoms with van der Waals surface area (Å²) < 4.78 is 53.2. The Morgan fingerprint density at radius 1 is 0.906 bits per heavy atom. The third-order valence-electron chi connectivity index (χ3n) is 4.71. The molecule has 0 aliphatic carbocycles. The topological polar surface area (TPSA) is 56.5 Å². The molecule has 164 valence electrons. The Labute approximate surface area is 182 Å². The van der Waals surface area contributed by atoms with Gasteiger partial charge in [-0.15, -0.1) is 0 Å². The molecule has 0 aliphatic rings. The van der Waals surface area contributed by atoms with Gasteiger partial charge in [0, 0.05) is 18.7 Å². The molecule has 0 fully saturated rings. The Hall–Kier alpha value is -3.94. The number of para-hydroxylation sites is 1. The summed E-state index contributed by atoms with van der Waals surface area (Å²) in [5.74, 6) is -0.179. The zero-order valence-corrected chi connectivity index (χ0v) is 17.0. The molecule has 0 unspecified atom stereocenters. The molecule has 4 aromatic rings. The molecule has 0 bridgehead atoms. The second-order valence-corrected chi connectivity index (χ2v) is 7.02. The van der Waals surface area contributed by atoms with E-state index in [0.29, 0.717) is 10.4 Å². The first-order valence-corrected chi connectivity index (χ1v) is 9.70. The van der Waals surface area contributed by atoms with Crippen molar-refractivity contribution in [3.8, 4) is 34.3 Å². The van der Waals surface area contributed by atoms with Crippen LogP contribution < -0.4 is 9.47 Å². The molecule has 0 aliphatic heterocycles. The van der Waals surface area contributed by atoms with Gasteiger partial charge in [0.2, 0.25) is 0 Å². The van der Waals surface area contributed by atoms with Crippen LogP contribution >= 0.6 is 0 Å². The predicted octanol–water partition coefficient (Wildman–Crippen LogP) is 6.18. The summed E-state index contributed by atoms with van der Waals surface area (Å²) in [6.45, 7) is 0.282. The number of phenols is 1. The van der Waals surface area contributed by atoms with Gasteiger partial charge in [-0.3, -0.25) is 4.68 Å². The highest BCUT2D eigenvalue weighted by Gasteiger charge is 2.41. The second-order valence-electron chi connectivity index (χ2n) is 7.02. The molecule has 4 rings (SSSR count). The summed E-state index contributed by atoms with van der Waals surface area (Å²) >= 11 is 0. The van der Waals surface area contributed by atoms with E-state index in [-0.39, 0.29) is 29.4 Å². The average molecular weight is 440 g/mol. The SMILES string of the molecule is Cn1nc(-c2ccc(OCc3ccccc3)cc2O)c(Oc2ccccc2)c1C(F)(F)F. The Kier molecular flexibility index (Phi) is 5.77. The minimum absolute atomic E-state index is 0.0918. The number of ether oxygens (including phenoxy) is 2. The van der Waals surface area contributed by atoms with Gasteiger partial charge in [0.1, 0.15) is 29.5 Å². The van der Waals surface area contributed by atoms with E-state index in [0.717, 1.165) is 5.56 Å². The maximum Gasteiger partial charge on any atom is 0.436 e. The fourth-order valence-electron chi connectivity index (χ4n) is 3.24. The van der Waals surface area contributed by atoms with Crippen LogP contribution in [0.15, 0.2) is 78.9 Å². The number of hydrogen-bond acceptors (Lipinski definition) is 4. The molecule has 3 aromatic carbocycles. The van der Waals surface area contributed by atoms with Gasteiger partial charge < -0.3 is 14.6 Å². The van der Waals surface area contributed by atoms with Crippen LogP contribution in [0.3, 0.4) is 0 Å². The molecule has 1 N–H and O–H groups in total. The largest absolute Gasteiger partial charge is 0.507 e. The summed E-state index contributed by atoms with van der Waals surface area (Å²) in [6, 6.07) is 21.9. The van der Waals surface area contributed by atoms with Crippen molar-refractivity contribution in [2.75, 3.05) is 0 Å². The molecule has 0 amide bonds. The van der Waals surface area contributed by atoms with Crippen LogP contribution in [0.4, 0.5) is 13.2 Å². The lowest BCUT2D eigenvalue weighted by Crippen LogP contribution is -2.12. The molecule has 0 radical (unpaired) electrons. The maximum atomic E-state index is 13.7. The normalized spacial score (nSPS) is 11.4. The first-order chi connectivity index (χ1) is 15.3. The monoisotopic (exact) mass is 440 g/mol. The van der Waals surface area contributed by atoms with Gasteiger partial charge >= 0.3 is 6.18 Å². The highest BCUT2D eigenvalue weighted by atomic mass is 19.4. The Balaban J connectivity index is 1.69. The highest BCUT2D eigenvalue weighted by molar-refractivity contribution is 5.74. The molecule has 1 aromatic heterocycles. The number of nitrogens with zero attached hydrogens (tertiary/aromatic N) is 2. The summed E-state index contributed by atoms with van der Waals surface area (Å²) in [6.07, 6.45) is -4.71. The van der Waals surface area contributed by atoms with Gasteiger partial charge in [-0.1, -0.05) is 48.5 Å². The van der Waals surface area contributed by atoms with Gasteiger partial charge in [0.05, 0.1) is 0 Å². The van der Waals surface area contributed by atoms with Crippen molar-refractivity contribution in [3.63, 3.8) is 0 Å². The van der Waals surface area contributed by atoms with Crippen LogP contribution in [0.25, 0.3) is 11.3 Å². The van der Waals surface area contributed by atoms with E-state index in [9.17, 15) is 18.3 Å². The van der Waals surface area contributed by atoms with Crippen molar-refractivity contribution >= 4 is 0 Å². The average Bonchev–Trinajstić information content (AvgIpc) is 3.09. The molecule has 1 heterocycles. The fraction of sp³-hybridized carbons (Fsp3) is 0.125. The highest BCUT2D eigenvalue weighted by Crippen LogP contribution is 2.46. The molecular formula is C24H19F3N2O3. The van der Waals surface area contributed by atoms with E-state index < -0.39 is 17.6 Å². The van der Waals surface area contributed by atoms with Gasteiger partial charge in [-0.25, -0.2) is 0 Å². The van der Waals surface area contributed by atoms with Crippen LogP contribution in [-0.2, 0) is 19.8 Å². The lowest BCUT2D eigenvalue weighted by atomic mass is 10.1. The maximum absolute atomic E-state index is 13.7. The number of phenolic OH excluding ortho intramolecular Hbond substituents is 1. The molecular weight excluding hydrogens is 421 g/mol. The standard InChI is InChI=1S/C24H19F3N2O3/c1-29-23(24(25,26)27)22(32-17-10-6-3-7-11-17)21(28-29)19-13-12-18(14-20(19)30)31-15-16-8-4-2-5-9-16/h2-14,30H,15H2,1H3. The van der Waals surface area contributed by atoms with Gasteiger partial charge in [-0.2, -0.15) is 18.3 Å². The predicted molar refractivity (Wildman–Crippen MR) is 113 cm³/mol. The van der Waals surface area contributed by atoms with E-state index in [1.807, 2.05) is 30.3 Å². The van der Waals surface area contributed by atoms with Crippen LogP contribution in [0, 0.1) is 0 Å². The van der Waals surface area contributed by atoms with Crippen molar-refractivity contribution in [3.05, 3.63) is 90.1 Å². The minimum Gasteiger partial charge on any atom is -0.507 e. The smallest absolute Gasteiger partial charge is 0.436 e. The molecule has 0 saturated heterocycles. The van der Waals surface area contributed by atoms with E-state index >= 15 is 0 Å². The van der Waals surface area contributed by atoms with Crippen molar-refractivity contribution in [1.82, 2.24) is 9.78 Å². The Bertz CT molecular complexity index is 1210. The van der Waals surface area contributed by atoms with Crippen molar-refractivity contribution < 1.29 is 27.8 Å². The minimum atomic E-state index is -4.71. The number of rotatable bonds is 6. The van der Waals surface area contributed by atoms with E-state index in [1.165, 1.54) is 31.3 Å². The van der Waals surface area contributed by atoms with Crippen LogP contribution in [0.5, 0.6) is 23.0 Å². The number of aromatic nitrogens is 2. The van der Waals surface area contributed by atoms with Crippen LogP contribution in [-0.4, -0.2) is 14.9 Å². The summed E-state index contributed by atoms with van der Waals surface area (Å²) in [4.78, 5) is 0. The van der Waals surface area contributed by atoms with Crippen molar-refractivity contribution in [2.45, 2.75) is 12.8 Å². The molecule has 32 heavy (non-hydrogen) atoms. The first-order valence-electron chi connectivity index (χ1n) is 9.70. The summed E-state index contributed by atoms with van der Waals surface area (Å²) in [5, 5.41) is 14.6. The van der Waals surface area contributed by atoms with Crippen LogP contribution in [0.2, 0.25) is 0 Å². The lowest BCUT2D eigenvalue weighted by Gasteiger charge is -2.12. The third-order valence-corrected chi connectivity index (χ3v) is 4.71. The summed E-state index contributed by atoms with van der Waals surface area (Å²) in [7, 11) is 1.18. The Morgan fingerprint density at radius 2 is 1.56 bits per heavy atom. The van der Waals surface area contributed by atoms with Gasteiger partial charge in [-0.05, 0) is 29.8 Å².